The molecule has 0 radical (unpaired) electrons. The molecule has 1 N–H and O–H groups in total. The summed E-state index contributed by atoms with van der Waals surface area (Å²) in [5.41, 5.74) is 1.07. The minimum atomic E-state index is -1.27. The summed E-state index contributed by atoms with van der Waals surface area (Å²) in [5.74, 6) is -1.99. The predicted octanol–water partition coefficient (Wildman–Crippen LogP) is 6.10. The number of hydrogen-bond acceptors (Lipinski definition) is 3. The molecular formula is C27H28F2N2O2S. The Morgan fingerprint density at radius 2 is 1.85 bits per heavy atom. The summed E-state index contributed by atoms with van der Waals surface area (Å²) in [6.07, 6.45) is 4.86. The van der Waals surface area contributed by atoms with E-state index in [9.17, 15) is 14.0 Å². The molecule has 1 atom stereocenters. The number of benzene rings is 2. The van der Waals surface area contributed by atoms with Gasteiger partial charge in [0, 0.05) is 22.2 Å². The zero-order valence-corrected chi connectivity index (χ0v) is 19.9. The number of nitrogens with zero attached hydrogens (tertiary/aromatic N) is 1. The lowest BCUT2D eigenvalue weighted by Gasteiger charge is -2.33. The first-order chi connectivity index (χ1) is 16.4. The van der Waals surface area contributed by atoms with Crippen LogP contribution in [0.25, 0.3) is 0 Å². The summed E-state index contributed by atoms with van der Waals surface area (Å²) in [6.45, 7) is 1.80. The third-order valence-corrected chi connectivity index (χ3v) is 7.04. The van der Waals surface area contributed by atoms with Crippen LogP contribution in [0.4, 0.5) is 14.5 Å². The molecule has 7 heteroatoms. The van der Waals surface area contributed by atoms with E-state index >= 15 is 4.39 Å². The second kappa shape index (κ2) is 10.9. The molecule has 1 aliphatic rings. The van der Waals surface area contributed by atoms with Gasteiger partial charge in [0.15, 0.2) is 0 Å². The smallest absolute Gasteiger partial charge is 0.248 e. The number of amides is 2. The molecule has 4 nitrogen and oxygen atoms in total. The third kappa shape index (κ3) is 5.70. The lowest BCUT2D eigenvalue weighted by atomic mass is 9.94. The van der Waals surface area contributed by atoms with Crippen molar-refractivity contribution in [1.29, 1.82) is 0 Å². The zero-order valence-electron chi connectivity index (χ0n) is 19.1. The van der Waals surface area contributed by atoms with Crippen LogP contribution in [0.2, 0.25) is 0 Å². The topological polar surface area (TPSA) is 49.4 Å². The van der Waals surface area contributed by atoms with E-state index in [0.717, 1.165) is 42.5 Å². The molecule has 2 aromatic carbocycles. The van der Waals surface area contributed by atoms with Gasteiger partial charge in [-0.2, -0.15) is 0 Å². The number of thiophene rings is 1. The van der Waals surface area contributed by atoms with E-state index in [0.29, 0.717) is 0 Å². The van der Waals surface area contributed by atoms with Crippen molar-refractivity contribution in [3.05, 3.63) is 87.6 Å². The molecule has 4 rings (SSSR count). The maximum atomic E-state index is 15.2. The SMILES string of the molecule is Cc1ccc(F)c(C(C(=O)NC2CCCCC2)N(C(=O)Cc2cccs2)c2cccc(F)c2)c1. The van der Waals surface area contributed by atoms with Crippen molar-refractivity contribution < 1.29 is 18.4 Å². The van der Waals surface area contributed by atoms with Crippen molar-refractivity contribution in [3.8, 4) is 0 Å². The Balaban J connectivity index is 1.79. The quantitative estimate of drug-likeness (QED) is 0.442. The van der Waals surface area contributed by atoms with Gasteiger partial charge in [-0.05, 0) is 55.5 Å². The van der Waals surface area contributed by atoms with Crippen molar-refractivity contribution >= 4 is 28.8 Å². The van der Waals surface area contributed by atoms with Gasteiger partial charge in [-0.15, -0.1) is 11.3 Å². The normalized spacial score (nSPS) is 15.0. The molecule has 1 aliphatic carbocycles. The zero-order chi connectivity index (χ0) is 24.1. The average molecular weight is 483 g/mol. The first-order valence-corrected chi connectivity index (χ1v) is 12.5. The van der Waals surface area contributed by atoms with E-state index in [-0.39, 0.29) is 23.7 Å². The highest BCUT2D eigenvalue weighted by atomic mass is 32.1. The van der Waals surface area contributed by atoms with Gasteiger partial charge in [0.1, 0.15) is 17.7 Å². The molecule has 178 valence electrons. The van der Waals surface area contributed by atoms with Crippen molar-refractivity contribution in [2.75, 3.05) is 4.90 Å². The van der Waals surface area contributed by atoms with Crippen molar-refractivity contribution in [1.82, 2.24) is 5.32 Å². The highest BCUT2D eigenvalue weighted by Gasteiger charge is 2.36. The van der Waals surface area contributed by atoms with Crippen LogP contribution in [-0.4, -0.2) is 17.9 Å². The van der Waals surface area contributed by atoms with Gasteiger partial charge >= 0.3 is 0 Å². The van der Waals surface area contributed by atoms with Gasteiger partial charge in [0.05, 0.1) is 6.42 Å². The number of halogens is 2. The maximum absolute atomic E-state index is 15.2. The van der Waals surface area contributed by atoms with Crippen LogP contribution in [0.1, 0.15) is 54.1 Å². The molecule has 0 bridgehead atoms. The highest BCUT2D eigenvalue weighted by Crippen LogP contribution is 2.32. The molecular weight excluding hydrogens is 454 g/mol. The summed E-state index contributed by atoms with van der Waals surface area (Å²) in [4.78, 5) is 29.4. The molecule has 1 heterocycles. The van der Waals surface area contributed by atoms with Crippen LogP contribution >= 0.6 is 11.3 Å². The number of rotatable bonds is 7. The highest BCUT2D eigenvalue weighted by molar-refractivity contribution is 7.10. The fourth-order valence-electron chi connectivity index (χ4n) is 4.51. The number of hydrogen-bond donors (Lipinski definition) is 1. The molecule has 0 aliphatic heterocycles. The third-order valence-electron chi connectivity index (χ3n) is 6.16. The largest absolute Gasteiger partial charge is 0.351 e. The lowest BCUT2D eigenvalue weighted by Crippen LogP contribution is -2.48. The van der Waals surface area contributed by atoms with E-state index in [1.807, 2.05) is 17.5 Å². The van der Waals surface area contributed by atoms with E-state index < -0.39 is 29.5 Å². The van der Waals surface area contributed by atoms with Gasteiger partial charge < -0.3 is 5.32 Å². The predicted molar refractivity (Wildman–Crippen MR) is 131 cm³/mol. The van der Waals surface area contributed by atoms with E-state index in [1.54, 1.807) is 25.1 Å². The monoisotopic (exact) mass is 482 g/mol. The molecule has 0 spiro atoms. The first-order valence-electron chi connectivity index (χ1n) is 11.6. The molecule has 0 saturated heterocycles. The van der Waals surface area contributed by atoms with Crippen LogP contribution in [0.5, 0.6) is 0 Å². The Morgan fingerprint density at radius 3 is 2.56 bits per heavy atom. The average Bonchev–Trinajstić information content (AvgIpc) is 3.32. The van der Waals surface area contributed by atoms with Crippen LogP contribution in [0, 0.1) is 18.6 Å². The molecule has 2 amide bonds. The summed E-state index contributed by atoms with van der Waals surface area (Å²) in [6, 6.07) is 12.4. The number of carbonyl (C=O) groups is 2. The second-order valence-electron chi connectivity index (χ2n) is 8.77. The van der Waals surface area contributed by atoms with Crippen molar-refractivity contribution in [2.24, 2.45) is 0 Å². The molecule has 3 aromatic rings. The van der Waals surface area contributed by atoms with Gasteiger partial charge in [-0.25, -0.2) is 8.78 Å². The lowest BCUT2D eigenvalue weighted by molar-refractivity contribution is -0.127. The standard InChI is InChI=1S/C27H28F2N2O2S/c1-18-12-13-24(29)23(15-18)26(27(33)30-20-8-3-2-4-9-20)31(21-10-5-7-19(28)16-21)25(32)17-22-11-6-14-34-22/h5-7,10-16,20,26H,2-4,8-9,17H2,1H3,(H,30,33). The van der Waals surface area contributed by atoms with Gasteiger partial charge in [-0.3, -0.25) is 14.5 Å². The molecule has 1 saturated carbocycles. The van der Waals surface area contributed by atoms with Gasteiger partial charge in [0.25, 0.3) is 0 Å². The summed E-state index contributed by atoms with van der Waals surface area (Å²) in [7, 11) is 0. The minimum absolute atomic E-state index is 0.0226. The van der Waals surface area contributed by atoms with E-state index in [2.05, 4.69) is 5.32 Å². The summed E-state index contributed by atoms with van der Waals surface area (Å²) < 4.78 is 29.4. The van der Waals surface area contributed by atoms with Crippen LogP contribution in [0.15, 0.2) is 60.0 Å². The number of aryl methyl sites for hydroxylation is 1. The number of carbonyl (C=O) groups excluding carboxylic acids is 2. The minimum Gasteiger partial charge on any atom is -0.351 e. The fourth-order valence-corrected chi connectivity index (χ4v) is 5.20. The van der Waals surface area contributed by atoms with Gasteiger partial charge in [-0.1, -0.05) is 49.1 Å². The summed E-state index contributed by atoms with van der Waals surface area (Å²) >= 11 is 1.42. The Morgan fingerprint density at radius 1 is 1.06 bits per heavy atom. The van der Waals surface area contributed by atoms with E-state index in [4.69, 9.17) is 0 Å². The number of anilines is 1. The Hall–Kier alpha value is -3.06. The van der Waals surface area contributed by atoms with E-state index in [1.165, 1.54) is 40.5 Å². The molecule has 34 heavy (non-hydrogen) atoms. The molecule has 1 fully saturated rings. The maximum Gasteiger partial charge on any atom is 0.248 e. The Bertz CT molecular complexity index is 1140. The van der Waals surface area contributed by atoms with Crippen LogP contribution in [-0.2, 0) is 16.0 Å². The Kier molecular flexibility index (Phi) is 7.73. The van der Waals surface area contributed by atoms with Gasteiger partial charge in [0.2, 0.25) is 11.8 Å². The first kappa shape index (κ1) is 24.1. The second-order valence-corrected chi connectivity index (χ2v) is 9.80. The molecule has 1 aromatic heterocycles. The fraction of sp³-hybridized carbons (Fsp3) is 0.333. The van der Waals surface area contributed by atoms with Crippen molar-refractivity contribution in [2.45, 2.75) is 57.5 Å². The summed E-state index contributed by atoms with van der Waals surface area (Å²) in [5, 5.41) is 4.92. The van der Waals surface area contributed by atoms with Crippen molar-refractivity contribution in [3.63, 3.8) is 0 Å². The molecule has 1 unspecified atom stereocenters. The number of nitrogens with one attached hydrogen (secondary N) is 1. The van der Waals surface area contributed by atoms with Crippen LogP contribution < -0.4 is 10.2 Å². The Labute approximate surface area is 202 Å². The van der Waals surface area contributed by atoms with Crippen LogP contribution in [0.3, 0.4) is 0 Å².